The molecule has 0 aromatic heterocycles. The van der Waals surface area contributed by atoms with Gasteiger partial charge in [0, 0.05) is 12.6 Å². The SMILES string of the molecule is CC(C)C1CC(NCCCNC(=O)OC(C)(C)C)C1. The average molecular weight is 270 g/mol. The van der Waals surface area contributed by atoms with Crippen LogP contribution in [0, 0.1) is 11.8 Å². The Hall–Kier alpha value is -0.770. The molecule has 0 spiro atoms. The van der Waals surface area contributed by atoms with Crippen molar-refractivity contribution < 1.29 is 9.53 Å². The lowest BCUT2D eigenvalue weighted by Gasteiger charge is -2.38. The number of carbonyl (C=O) groups is 1. The number of alkyl carbamates (subject to hydrolysis) is 1. The molecule has 0 aromatic rings. The van der Waals surface area contributed by atoms with E-state index in [4.69, 9.17) is 4.74 Å². The number of ether oxygens (including phenoxy) is 1. The van der Waals surface area contributed by atoms with Gasteiger partial charge in [0.25, 0.3) is 0 Å². The summed E-state index contributed by atoms with van der Waals surface area (Å²) in [4.78, 5) is 11.4. The zero-order valence-corrected chi connectivity index (χ0v) is 13.1. The fourth-order valence-corrected chi connectivity index (χ4v) is 2.27. The molecule has 4 heteroatoms. The molecule has 0 saturated heterocycles. The monoisotopic (exact) mass is 270 g/mol. The molecule has 4 nitrogen and oxygen atoms in total. The summed E-state index contributed by atoms with van der Waals surface area (Å²) in [5.74, 6) is 1.71. The van der Waals surface area contributed by atoms with E-state index < -0.39 is 5.60 Å². The van der Waals surface area contributed by atoms with E-state index in [0.717, 1.165) is 24.8 Å². The van der Waals surface area contributed by atoms with E-state index in [-0.39, 0.29) is 6.09 Å². The van der Waals surface area contributed by atoms with Crippen molar-refractivity contribution in [3.8, 4) is 0 Å². The summed E-state index contributed by atoms with van der Waals surface area (Å²) in [6.07, 6.45) is 3.23. The van der Waals surface area contributed by atoms with E-state index in [1.165, 1.54) is 12.8 Å². The highest BCUT2D eigenvalue weighted by Gasteiger charge is 2.30. The molecule has 0 aliphatic heterocycles. The Morgan fingerprint density at radius 3 is 2.42 bits per heavy atom. The molecule has 0 aromatic carbocycles. The number of hydrogen-bond acceptors (Lipinski definition) is 3. The molecule has 0 heterocycles. The van der Waals surface area contributed by atoms with Gasteiger partial charge in [0.2, 0.25) is 0 Å². The first-order valence-corrected chi connectivity index (χ1v) is 7.48. The van der Waals surface area contributed by atoms with E-state index in [1.807, 2.05) is 20.8 Å². The zero-order chi connectivity index (χ0) is 14.5. The van der Waals surface area contributed by atoms with E-state index in [2.05, 4.69) is 24.5 Å². The van der Waals surface area contributed by atoms with Gasteiger partial charge in [-0.2, -0.15) is 0 Å². The molecule has 0 radical (unpaired) electrons. The van der Waals surface area contributed by atoms with Gasteiger partial charge in [0.1, 0.15) is 5.60 Å². The standard InChI is InChI=1S/C15H30N2O2/c1-11(2)12-9-13(10-12)16-7-6-8-17-14(18)19-15(3,4)5/h11-13,16H,6-10H2,1-5H3,(H,17,18). The molecule has 0 bridgehead atoms. The molecule has 1 saturated carbocycles. The third kappa shape index (κ3) is 6.81. The maximum absolute atomic E-state index is 11.4. The lowest BCUT2D eigenvalue weighted by Crippen LogP contribution is -2.44. The summed E-state index contributed by atoms with van der Waals surface area (Å²) in [7, 11) is 0. The second kappa shape index (κ2) is 7.13. The van der Waals surface area contributed by atoms with Crippen LogP contribution in [-0.2, 0) is 4.74 Å². The van der Waals surface area contributed by atoms with E-state index >= 15 is 0 Å². The Labute approximate surface area is 117 Å². The Bertz CT molecular complexity index is 278. The van der Waals surface area contributed by atoms with Crippen LogP contribution in [0.1, 0.15) is 53.9 Å². The normalized spacial score (nSPS) is 23.1. The summed E-state index contributed by atoms with van der Waals surface area (Å²) >= 11 is 0. The minimum absolute atomic E-state index is 0.323. The van der Waals surface area contributed by atoms with Crippen LogP contribution >= 0.6 is 0 Å². The van der Waals surface area contributed by atoms with Crippen molar-refractivity contribution in [2.24, 2.45) is 11.8 Å². The van der Waals surface area contributed by atoms with Gasteiger partial charge in [-0.25, -0.2) is 4.79 Å². The Balaban J connectivity index is 1.94. The lowest BCUT2D eigenvalue weighted by molar-refractivity contribution is 0.0527. The van der Waals surface area contributed by atoms with Gasteiger partial charge in [0.05, 0.1) is 0 Å². The fourth-order valence-electron chi connectivity index (χ4n) is 2.27. The fraction of sp³-hybridized carbons (Fsp3) is 0.933. The predicted molar refractivity (Wildman–Crippen MR) is 78.2 cm³/mol. The van der Waals surface area contributed by atoms with Gasteiger partial charge < -0.3 is 15.4 Å². The third-order valence-electron chi connectivity index (χ3n) is 3.57. The Kier molecular flexibility index (Phi) is 6.11. The van der Waals surface area contributed by atoms with Gasteiger partial charge in [-0.1, -0.05) is 13.8 Å². The maximum Gasteiger partial charge on any atom is 0.407 e. The van der Waals surface area contributed by atoms with E-state index in [0.29, 0.717) is 12.6 Å². The summed E-state index contributed by atoms with van der Waals surface area (Å²) < 4.78 is 5.17. The molecule has 0 atom stereocenters. The summed E-state index contributed by atoms with van der Waals surface area (Å²) in [5, 5.41) is 6.31. The van der Waals surface area contributed by atoms with Crippen molar-refractivity contribution in [3.05, 3.63) is 0 Å². The van der Waals surface area contributed by atoms with Crippen molar-refractivity contribution >= 4 is 6.09 Å². The number of hydrogen-bond donors (Lipinski definition) is 2. The van der Waals surface area contributed by atoms with Gasteiger partial charge in [0.15, 0.2) is 0 Å². The summed E-state index contributed by atoms with van der Waals surface area (Å²) in [6, 6.07) is 0.689. The summed E-state index contributed by atoms with van der Waals surface area (Å²) in [5.41, 5.74) is -0.417. The molecule has 19 heavy (non-hydrogen) atoms. The van der Waals surface area contributed by atoms with Crippen molar-refractivity contribution in [1.82, 2.24) is 10.6 Å². The van der Waals surface area contributed by atoms with Gasteiger partial charge in [-0.15, -0.1) is 0 Å². The van der Waals surface area contributed by atoms with Gasteiger partial charge >= 0.3 is 6.09 Å². The average Bonchev–Trinajstić information content (AvgIpc) is 2.16. The van der Waals surface area contributed by atoms with Crippen LogP contribution in [0.3, 0.4) is 0 Å². The van der Waals surface area contributed by atoms with Crippen molar-refractivity contribution in [3.63, 3.8) is 0 Å². The molecule has 112 valence electrons. The zero-order valence-electron chi connectivity index (χ0n) is 13.1. The van der Waals surface area contributed by atoms with Crippen molar-refractivity contribution in [1.29, 1.82) is 0 Å². The molecule has 1 rings (SSSR count). The molecule has 1 amide bonds. The lowest BCUT2D eigenvalue weighted by atomic mass is 9.74. The van der Waals surface area contributed by atoms with Crippen LogP contribution in [0.5, 0.6) is 0 Å². The molecule has 1 aliphatic carbocycles. The van der Waals surface area contributed by atoms with Crippen LogP contribution in [0.25, 0.3) is 0 Å². The minimum atomic E-state index is -0.417. The largest absolute Gasteiger partial charge is 0.444 e. The van der Waals surface area contributed by atoms with Gasteiger partial charge in [-0.05, 0) is 58.4 Å². The van der Waals surface area contributed by atoms with Crippen LogP contribution < -0.4 is 10.6 Å². The van der Waals surface area contributed by atoms with E-state index in [1.54, 1.807) is 0 Å². The highest BCUT2D eigenvalue weighted by atomic mass is 16.6. The van der Waals surface area contributed by atoms with Crippen molar-refractivity contribution in [2.45, 2.75) is 65.5 Å². The topological polar surface area (TPSA) is 50.4 Å². The Morgan fingerprint density at radius 2 is 1.89 bits per heavy atom. The van der Waals surface area contributed by atoms with Gasteiger partial charge in [-0.3, -0.25) is 0 Å². The molecule has 0 unspecified atom stereocenters. The highest BCUT2D eigenvalue weighted by Crippen LogP contribution is 2.33. The first-order chi connectivity index (χ1) is 8.78. The first-order valence-electron chi connectivity index (χ1n) is 7.48. The molecular formula is C15H30N2O2. The van der Waals surface area contributed by atoms with Crippen molar-refractivity contribution in [2.75, 3.05) is 13.1 Å². The smallest absolute Gasteiger partial charge is 0.407 e. The Morgan fingerprint density at radius 1 is 1.26 bits per heavy atom. The van der Waals surface area contributed by atoms with Crippen LogP contribution in [-0.4, -0.2) is 30.8 Å². The minimum Gasteiger partial charge on any atom is -0.444 e. The third-order valence-corrected chi connectivity index (χ3v) is 3.57. The molecule has 2 N–H and O–H groups in total. The summed E-state index contributed by atoms with van der Waals surface area (Å²) in [6.45, 7) is 11.8. The quantitative estimate of drug-likeness (QED) is 0.730. The van der Waals surface area contributed by atoms with Crippen LogP contribution in [0.15, 0.2) is 0 Å². The number of amides is 1. The van der Waals surface area contributed by atoms with E-state index in [9.17, 15) is 4.79 Å². The number of nitrogens with one attached hydrogen (secondary N) is 2. The maximum atomic E-state index is 11.4. The second-order valence-electron chi connectivity index (χ2n) is 6.91. The number of carbonyl (C=O) groups excluding carboxylic acids is 1. The highest BCUT2D eigenvalue weighted by molar-refractivity contribution is 5.67. The molecule has 1 aliphatic rings. The first kappa shape index (κ1) is 16.3. The molecular weight excluding hydrogens is 240 g/mol. The van der Waals surface area contributed by atoms with Crippen LogP contribution in [0.2, 0.25) is 0 Å². The second-order valence-corrected chi connectivity index (χ2v) is 6.91. The number of rotatable bonds is 6. The predicted octanol–water partition coefficient (Wildman–Crippen LogP) is 2.93. The van der Waals surface area contributed by atoms with Crippen LogP contribution in [0.4, 0.5) is 4.79 Å². The molecule has 1 fully saturated rings.